The van der Waals surface area contributed by atoms with Gasteiger partial charge in [0.2, 0.25) is 0 Å². The third-order valence-corrected chi connectivity index (χ3v) is 4.51. The first-order valence-corrected chi connectivity index (χ1v) is 6.05. The Morgan fingerprint density at radius 1 is 0.857 bits per heavy atom. The van der Waals surface area contributed by atoms with E-state index in [9.17, 15) is 10.2 Å². The fourth-order valence-corrected chi connectivity index (χ4v) is 3.71. The number of thiophene rings is 2. The minimum Gasteiger partial charge on any atom is -0.383 e. The van der Waals surface area contributed by atoms with Crippen molar-refractivity contribution < 1.29 is 10.2 Å². The van der Waals surface area contributed by atoms with Crippen LogP contribution in [0.25, 0.3) is 0 Å². The fourth-order valence-electron chi connectivity index (χ4n) is 1.84. The molecule has 2 heterocycles. The van der Waals surface area contributed by atoms with Gasteiger partial charge in [-0.3, -0.25) is 0 Å². The van der Waals surface area contributed by atoms with E-state index in [1.165, 1.54) is 22.7 Å². The lowest BCUT2D eigenvalue weighted by Gasteiger charge is -2.22. The summed E-state index contributed by atoms with van der Waals surface area (Å²) in [6.45, 7) is 0. The summed E-state index contributed by atoms with van der Waals surface area (Å²) < 4.78 is 0. The van der Waals surface area contributed by atoms with E-state index in [1.807, 2.05) is 22.9 Å². The second-order valence-corrected chi connectivity index (χ2v) is 5.18. The van der Waals surface area contributed by atoms with Gasteiger partial charge in [0, 0.05) is 20.9 Å². The minimum atomic E-state index is -0.547. The number of aliphatic hydroxyl groups excluding tert-OH is 2. The largest absolute Gasteiger partial charge is 0.383 e. The molecule has 0 fully saturated rings. The van der Waals surface area contributed by atoms with Crippen molar-refractivity contribution in [2.75, 3.05) is 0 Å². The standard InChI is InChI=1S/C10H8O2S2/c11-7-5-1-3-13-9(5)8(12)6-2-4-14-10(6)7/h1-4,7-8,11-12H. The molecular weight excluding hydrogens is 216 g/mol. The van der Waals surface area contributed by atoms with Gasteiger partial charge in [-0.25, -0.2) is 0 Å². The van der Waals surface area contributed by atoms with Crippen LogP contribution in [0.4, 0.5) is 0 Å². The zero-order chi connectivity index (χ0) is 9.71. The highest BCUT2D eigenvalue weighted by Gasteiger charge is 2.31. The molecular formula is C10H8O2S2. The van der Waals surface area contributed by atoms with Crippen LogP contribution in [0.5, 0.6) is 0 Å². The molecule has 0 saturated heterocycles. The minimum absolute atomic E-state index is 0.547. The number of hydrogen-bond donors (Lipinski definition) is 2. The molecule has 2 aromatic heterocycles. The lowest BCUT2D eigenvalue weighted by Crippen LogP contribution is -2.12. The third kappa shape index (κ3) is 0.966. The van der Waals surface area contributed by atoms with Crippen LogP contribution < -0.4 is 0 Å². The maximum atomic E-state index is 10.0. The molecule has 14 heavy (non-hydrogen) atoms. The highest BCUT2D eigenvalue weighted by molar-refractivity contribution is 7.11. The van der Waals surface area contributed by atoms with Crippen molar-refractivity contribution in [1.29, 1.82) is 0 Å². The van der Waals surface area contributed by atoms with E-state index in [1.54, 1.807) is 0 Å². The van der Waals surface area contributed by atoms with Crippen molar-refractivity contribution in [3.8, 4) is 0 Å². The summed E-state index contributed by atoms with van der Waals surface area (Å²) in [4.78, 5) is 1.76. The van der Waals surface area contributed by atoms with Gasteiger partial charge in [-0.1, -0.05) is 0 Å². The quantitative estimate of drug-likeness (QED) is 0.720. The molecule has 2 unspecified atom stereocenters. The predicted molar refractivity (Wildman–Crippen MR) is 56.8 cm³/mol. The Morgan fingerprint density at radius 3 is 1.71 bits per heavy atom. The second kappa shape index (κ2) is 2.90. The summed E-state index contributed by atoms with van der Waals surface area (Å²) in [6, 6.07) is 3.77. The molecule has 1 aliphatic carbocycles. The lowest BCUT2D eigenvalue weighted by atomic mass is 9.94. The maximum absolute atomic E-state index is 10.0. The third-order valence-electron chi connectivity index (χ3n) is 2.54. The molecule has 1 aliphatic rings. The van der Waals surface area contributed by atoms with Gasteiger partial charge in [0.1, 0.15) is 12.2 Å². The molecule has 2 atom stereocenters. The van der Waals surface area contributed by atoms with Gasteiger partial charge in [-0.15, -0.1) is 22.7 Å². The van der Waals surface area contributed by atoms with Crippen LogP contribution in [0.3, 0.4) is 0 Å². The van der Waals surface area contributed by atoms with Gasteiger partial charge in [0.15, 0.2) is 0 Å². The van der Waals surface area contributed by atoms with Crippen molar-refractivity contribution in [2.24, 2.45) is 0 Å². The number of rotatable bonds is 0. The van der Waals surface area contributed by atoms with Crippen LogP contribution in [-0.2, 0) is 0 Å². The lowest BCUT2D eigenvalue weighted by molar-refractivity contribution is 0.180. The predicted octanol–water partition coefficient (Wildman–Crippen LogP) is 2.29. The first kappa shape index (κ1) is 8.61. The van der Waals surface area contributed by atoms with E-state index >= 15 is 0 Å². The zero-order valence-electron chi connectivity index (χ0n) is 7.18. The molecule has 0 spiro atoms. The maximum Gasteiger partial charge on any atom is 0.115 e. The van der Waals surface area contributed by atoms with Crippen LogP contribution in [0.15, 0.2) is 22.9 Å². The molecule has 0 amide bonds. The monoisotopic (exact) mass is 224 g/mol. The molecule has 0 aliphatic heterocycles. The van der Waals surface area contributed by atoms with Crippen LogP contribution in [0.2, 0.25) is 0 Å². The molecule has 2 aromatic rings. The SMILES string of the molecule is OC1c2ccsc2C(O)c2ccsc21. The Bertz CT molecular complexity index is 391. The Labute approximate surface area is 89.1 Å². The normalized spacial score (nSPS) is 24.4. The Hall–Kier alpha value is -0.680. The van der Waals surface area contributed by atoms with Crippen LogP contribution in [-0.4, -0.2) is 10.2 Å². The fraction of sp³-hybridized carbons (Fsp3) is 0.200. The van der Waals surface area contributed by atoms with Gasteiger partial charge in [0.05, 0.1) is 0 Å². The first-order valence-electron chi connectivity index (χ1n) is 4.29. The summed E-state index contributed by atoms with van der Waals surface area (Å²) in [5, 5.41) is 23.9. The van der Waals surface area contributed by atoms with Crippen molar-refractivity contribution in [3.05, 3.63) is 43.8 Å². The Balaban J connectivity index is 2.26. The highest BCUT2D eigenvalue weighted by Crippen LogP contribution is 2.45. The van der Waals surface area contributed by atoms with Crippen LogP contribution in [0, 0.1) is 0 Å². The van der Waals surface area contributed by atoms with Gasteiger partial charge >= 0.3 is 0 Å². The van der Waals surface area contributed by atoms with Crippen molar-refractivity contribution in [2.45, 2.75) is 12.2 Å². The molecule has 2 nitrogen and oxygen atoms in total. The summed E-state index contributed by atoms with van der Waals surface area (Å²) in [6.07, 6.45) is -1.09. The molecule has 0 aromatic carbocycles. The summed E-state index contributed by atoms with van der Waals surface area (Å²) in [5.41, 5.74) is 1.72. The molecule has 0 radical (unpaired) electrons. The zero-order valence-corrected chi connectivity index (χ0v) is 8.81. The molecule has 0 bridgehead atoms. The van der Waals surface area contributed by atoms with Crippen molar-refractivity contribution in [3.63, 3.8) is 0 Å². The van der Waals surface area contributed by atoms with E-state index in [4.69, 9.17) is 0 Å². The van der Waals surface area contributed by atoms with Crippen LogP contribution in [0.1, 0.15) is 33.1 Å². The molecule has 4 heteroatoms. The number of aliphatic hydroxyl groups is 2. The average molecular weight is 224 g/mol. The molecule has 2 N–H and O–H groups in total. The van der Waals surface area contributed by atoms with Gasteiger partial charge in [-0.05, 0) is 22.9 Å². The van der Waals surface area contributed by atoms with E-state index in [0.29, 0.717) is 0 Å². The Kier molecular flexibility index (Phi) is 1.79. The van der Waals surface area contributed by atoms with Gasteiger partial charge < -0.3 is 10.2 Å². The van der Waals surface area contributed by atoms with Crippen LogP contribution >= 0.6 is 22.7 Å². The number of fused-ring (bicyclic) bond motifs is 2. The van der Waals surface area contributed by atoms with Gasteiger partial charge in [-0.2, -0.15) is 0 Å². The molecule has 72 valence electrons. The first-order chi connectivity index (χ1) is 6.79. The second-order valence-electron chi connectivity index (χ2n) is 3.29. The summed E-state index contributed by atoms with van der Waals surface area (Å²) in [5.74, 6) is 0. The Morgan fingerprint density at radius 2 is 1.29 bits per heavy atom. The van der Waals surface area contributed by atoms with E-state index < -0.39 is 12.2 Å². The highest BCUT2D eigenvalue weighted by atomic mass is 32.1. The van der Waals surface area contributed by atoms with Crippen molar-refractivity contribution in [1.82, 2.24) is 0 Å². The smallest absolute Gasteiger partial charge is 0.115 e. The summed E-state index contributed by atoms with van der Waals surface area (Å²) >= 11 is 3.00. The average Bonchev–Trinajstić information content (AvgIpc) is 2.82. The summed E-state index contributed by atoms with van der Waals surface area (Å²) in [7, 11) is 0. The molecule has 3 rings (SSSR count). The van der Waals surface area contributed by atoms with E-state index in [-0.39, 0.29) is 0 Å². The number of hydrogen-bond acceptors (Lipinski definition) is 4. The van der Waals surface area contributed by atoms with Crippen molar-refractivity contribution >= 4 is 22.7 Å². The topological polar surface area (TPSA) is 40.5 Å². The van der Waals surface area contributed by atoms with E-state index in [0.717, 1.165) is 20.9 Å². The molecule has 0 saturated carbocycles. The van der Waals surface area contributed by atoms with Gasteiger partial charge in [0.25, 0.3) is 0 Å². The van der Waals surface area contributed by atoms with E-state index in [2.05, 4.69) is 0 Å².